The van der Waals surface area contributed by atoms with Crippen molar-refractivity contribution in [1.29, 1.82) is 0 Å². The van der Waals surface area contributed by atoms with Crippen molar-refractivity contribution in [3.8, 4) is 0 Å². The van der Waals surface area contributed by atoms with Crippen molar-refractivity contribution in [2.45, 2.75) is 6.92 Å². The van der Waals surface area contributed by atoms with E-state index in [0.717, 1.165) is 6.54 Å². The minimum atomic E-state index is 0.916. The van der Waals surface area contributed by atoms with E-state index in [-0.39, 0.29) is 0 Å². The third-order valence-electron chi connectivity index (χ3n) is 3.84. The molecular weight excluding hydrogens is 256 g/mol. The van der Waals surface area contributed by atoms with Gasteiger partial charge in [-0.15, -0.1) is 0 Å². The summed E-state index contributed by atoms with van der Waals surface area (Å²) in [5.41, 5.74) is 2.43. The maximum Gasteiger partial charge on any atom is 0.0652 e. The van der Waals surface area contributed by atoms with E-state index in [1.54, 1.807) is 0 Å². The van der Waals surface area contributed by atoms with Crippen LogP contribution in [0.2, 0.25) is 0 Å². The molecule has 0 unspecified atom stereocenters. The highest BCUT2D eigenvalue weighted by atomic mass is 15.6. The van der Waals surface area contributed by atoms with Crippen molar-refractivity contribution < 1.29 is 0 Å². The van der Waals surface area contributed by atoms with Crippen molar-refractivity contribution in [2.24, 2.45) is 0 Å². The van der Waals surface area contributed by atoms with E-state index >= 15 is 0 Å². The molecule has 3 rings (SSSR count). The van der Waals surface area contributed by atoms with Crippen molar-refractivity contribution in [3.63, 3.8) is 0 Å². The largest absolute Gasteiger partial charge is 0.288 e. The Morgan fingerprint density at radius 1 is 0.762 bits per heavy atom. The Morgan fingerprint density at radius 3 is 2.19 bits per heavy atom. The second-order valence-electron chi connectivity index (χ2n) is 5.07. The average Bonchev–Trinajstić information content (AvgIpc) is 2.56. The standard InChI is InChI=1S/C19H20N2/c1-3-21(20(2)17-12-5-4-6-13-17)19-15-9-11-16-10-7-8-14-18(16)19/h4-15H,3H2,1-2H3. The molecular formula is C19H20N2. The molecule has 0 saturated heterocycles. The molecule has 0 bridgehead atoms. The third kappa shape index (κ3) is 2.57. The Hall–Kier alpha value is -2.48. The first-order valence-corrected chi connectivity index (χ1v) is 7.35. The predicted octanol–water partition coefficient (Wildman–Crippen LogP) is 4.72. The van der Waals surface area contributed by atoms with Crippen LogP contribution in [0.3, 0.4) is 0 Å². The number of benzene rings is 3. The number of hydrogen-bond donors (Lipinski definition) is 0. The highest BCUT2D eigenvalue weighted by Gasteiger charge is 2.13. The summed E-state index contributed by atoms with van der Waals surface area (Å²) in [5.74, 6) is 0. The molecule has 21 heavy (non-hydrogen) atoms. The van der Waals surface area contributed by atoms with Gasteiger partial charge in [0, 0.05) is 19.0 Å². The topological polar surface area (TPSA) is 6.48 Å². The quantitative estimate of drug-likeness (QED) is 0.636. The molecule has 0 saturated carbocycles. The number of anilines is 2. The first kappa shape index (κ1) is 13.5. The van der Waals surface area contributed by atoms with Gasteiger partial charge in [-0.1, -0.05) is 54.6 Å². The van der Waals surface area contributed by atoms with Crippen LogP contribution in [-0.4, -0.2) is 13.6 Å². The van der Waals surface area contributed by atoms with E-state index in [4.69, 9.17) is 0 Å². The Balaban J connectivity index is 2.06. The molecule has 0 aromatic heterocycles. The number of para-hydroxylation sites is 1. The fourth-order valence-electron chi connectivity index (χ4n) is 2.76. The maximum atomic E-state index is 2.30. The SMILES string of the molecule is CCN(c1cccc2ccccc12)N(C)c1ccccc1. The molecule has 0 heterocycles. The summed E-state index contributed by atoms with van der Waals surface area (Å²) in [6.07, 6.45) is 0. The van der Waals surface area contributed by atoms with E-state index in [1.807, 2.05) is 6.07 Å². The molecule has 0 amide bonds. The maximum absolute atomic E-state index is 2.30. The Kier molecular flexibility index (Phi) is 3.78. The lowest BCUT2D eigenvalue weighted by Gasteiger charge is -2.35. The lowest BCUT2D eigenvalue weighted by Crippen LogP contribution is -2.40. The molecule has 3 aromatic carbocycles. The van der Waals surface area contributed by atoms with Gasteiger partial charge < -0.3 is 0 Å². The van der Waals surface area contributed by atoms with Gasteiger partial charge in [-0.25, -0.2) is 0 Å². The normalized spacial score (nSPS) is 10.6. The zero-order valence-electron chi connectivity index (χ0n) is 12.5. The third-order valence-corrected chi connectivity index (χ3v) is 3.84. The van der Waals surface area contributed by atoms with E-state index < -0.39 is 0 Å². The second-order valence-corrected chi connectivity index (χ2v) is 5.07. The van der Waals surface area contributed by atoms with Crippen molar-refractivity contribution in [2.75, 3.05) is 23.6 Å². The van der Waals surface area contributed by atoms with Gasteiger partial charge >= 0.3 is 0 Å². The fourth-order valence-corrected chi connectivity index (χ4v) is 2.76. The Morgan fingerprint density at radius 2 is 1.43 bits per heavy atom. The van der Waals surface area contributed by atoms with Gasteiger partial charge in [0.1, 0.15) is 0 Å². The lowest BCUT2D eigenvalue weighted by atomic mass is 10.1. The zero-order chi connectivity index (χ0) is 14.7. The summed E-state index contributed by atoms with van der Waals surface area (Å²) in [7, 11) is 2.11. The van der Waals surface area contributed by atoms with Crippen molar-refractivity contribution in [3.05, 3.63) is 72.8 Å². The predicted molar refractivity (Wildman–Crippen MR) is 91.8 cm³/mol. The summed E-state index contributed by atoms with van der Waals surface area (Å²) in [6.45, 7) is 3.10. The minimum absolute atomic E-state index is 0.916. The van der Waals surface area contributed by atoms with Crippen LogP contribution in [0.1, 0.15) is 6.92 Å². The van der Waals surface area contributed by atoms with Crippen LogP contribution in [0.4, 0.5) is 11.4 Å². The van der Waals surface area contributed by atoms with Crippen LogP contribution >= 0.6 is 0 Å². The van der Waals surface area contributed by atoms with Crippen LogP contribution in [0, 0.1) is 0 Å². The smallest absolute Gasteiger partial charge is 0.0652 e. The molecule has 0 aliphatic rings. The summed E-state index contributed by atoms with van der Waals surface area (Å²) in [5, 5.41) is 7.07. The molecule has 0 radical (unpaired) electrons. The highest BCUT2D eigenvalue weighted by molar-refractivity contribution is 5.94. The van der Waals surface area contributed by atoms with Crippen LogP contribution in [0.15, 0.2) is 72.8 Å². The van der Waals surface area contributed by atoms with Gasteiger partial charge in [0.15, 0.2) is 0 Å². The van der Waals surface area contributed by atoms with Crippen molar-refractivity contribution in [1.82, 2.24) is 0 Å². The first-order chi connectivity index (χ1) is 10.3. The molecule has 0 aliphatic heterocycles. The molecule has 2 heteroatoms. The number of hydrogen-bond acceptors (Lipinski definition) is 2. The number of rotatable bonds is 4. The van der Waals surface area contributed by atoms with Gasteiger partial charge in [0.2, 0.25) is 0 Å². The van der Waals surface area contributed by atoms with Gasteiger partial charge in [0.25, 0.3) is 0 Å². The van der Waals surface area contributed by atoms with Gasteiger partial charge in [-0.05, 0) is 30.5 Å². The highest BCUT2D eigenvalue weighted by Crippen LogP contribution is 2.29. The fraction of sp³-hybridized carbons (Fsp3) is 0.158. The molecule has 106 valence electrons. The van der Waals surface area contributed by atoms with E-state index in [1.165, 1.54) is 22.1 Å². The zero-order valence-corrected chi connectivity index (χ0v) is 12.5. The Labute approximate surface area is 126 Å². The van der Waals surface area contributed by atoms with Crippen LogP contribution in [0.5, 0.6) is 0 Å². The summed E-state index contributed by atoms with van der Waals surface area (Å²) in [6, 6.07) is 25.5. The van der Waals surface area contributed by atoms with E-state index in [9.17, 15) is 0 Å². The molecule has 0 N–H and O–H groups in total. The van der Waals surface area contributed by atoms with Crippen LogP contribution < -0.4 is 10.0 Å². The molecule has 2 nitrogen and oxygen atoms in total. The summed E-state index contributed by atoms with van der Waals surface area (Å²) in [4.78, 5) is 0. The van der Waals surface area contributed by atoms with E-state index in [2.05, 4.69) is 90.7 Å². The van der Waals surface area contributed by atoms with Crippen LogP contribution in [0.25, 0.3) is 10.8 Å². The second kappa shape index (κ2) is 5.88. The number of fused-ring (bicyclic) bond motifs is 1. The average molecular weight is 276 g/mol. The Bertz CT molecular complexity index is 716. The van der Waals surface area contributed by atoms with Gasteiger partial charge in [0.05, 0.1) is 11.4 Å². The van der Waals surface area contributed by atoms with E-state index in [0.29, 0.717) is 0 Å². The van der Waals surface area contributed by atoms with Crippen LogP contribution in [-0.2, 0) is 0 Å². The van der Waals surface area contributed by atoms with Gasteiger partial charge in [-0.3, -0.25) is 10.0 Å². The van der Waals surface area contributed by atoms with Crippen molar-refractivity contribution >= 4 is 22.1 Å². The number of hydrazine groups is 1. The first-order valence-electron chi connectivity index (χ1n) is 7.35. The monoisotopic (exact) mass is 276 g/mol. The summed E-state index contributed by atoms with van der Waals surface area (Å²) < 4.78 is 0. The van der Waals surface area contributed by atoms with Gasteiger partial charge in [-0.2, -0.15) is 0 Å². The molecule has 3 aromatic rings. The molecule has 0 spiro atoms. The molecule has 0 atom stereocenters. The lowest BCUT2D eigenvalue weighted by molar-refractivity contribution is 0.814. The minimum Gasteiger partial charge on any atom is -0.288 e. The number of nitrogens with zero attached hydrogens (tertiary/aromatic N) is 2. The molecule has 0 fully saturated rings. The summed E-state index contributed by atoms with van der Waals surface area (Å²) >= 11 is 0. The molecule has 0 aliphatic carbocycles.